The fourth-order valence-electron chi connectivity index (χ4n) is 2.36. The molecule has 0 spiro atoms. The first-order chi connectivity index (χ1) is 9.75. The quantitative estimate of drug-likeness (QED) is 0.704. The summed E-state index contributed by atoms with van der Waals surface area (Å²) in [7, 11) is 3.94. The molecule has 0 saturated heterocycles. The number of hydrogen-bond acceptors (Lipinski definition) is 4. The summed E-state index contributed by atoms with van der Waals surface area (Å²) in [4.78, 5) is 0. The Balaban J connectivity index is 1.62. The molecule has 0 aliphatic rings. The van der Waals surface area contributed by atoms with Gasteiger partial charge in [-0.1, -0.05) is 18.2 Å². The van der Waals surface area contributed by atoms with Crippen LogP contribution in [0.15, 0.2) is 30.6 Å². The number of para-hydroxylation sites is 1. The highest BCUT2D eigenvalue weighted by atomic mass is 15.3. The normalized spacial score (nSPS) is 11.3. The molecule has 6 heteroatoms. The second-order valence-corrected chi connectivity index (χ2v) is 4.87. The monoisotopic (exact) mass is 270 g/mol. The van der Waals surface area contributed by atoms with Crippen molar-refractivity contribution in [2.75, 3.05) is 6.54 Å². The van der Waals surface area contributed by atoms with Gasteiger partial charge in [0.25, 0.3) is 0 Å². The average molecular weight is 270 g/mol. The highest BCUT2D eigenvalue weighted by Crippen LogP contribution is 2.16. The number of hydrogen-bond donors (Lipinski definition) is 1. The maximum atomic E-state index is 4.56. The molecule has 1 N–H and O–H groups in total. The van der Waals surface area contributed by atoms with Crippen molar-refractivity contribution in [3.05, 3.63) is 42.1 Å². The van der Waals surface area contributed by atoms with Crippen molar-refractivity contribution in [2.24, 2.45) is 14.1 Å². The molecule has 0 radical (unpaired) electrons. The summed E-state index contributed by atoms with van der Waals surface area (Å²) in [5.74, 6) is 0.989. The molecule has 0 aliphatic heterocycles. The Morgan fingerprint density at radius 1 is 1.20 bits per heavy atom. The molecule has 0 bridgehead atoms. The Hall–Kier alpha value is -2.21. The van der Waals surface area contributed by atoms with Gasteiger partial charge in [0.2, 0.25) is 0 Å². The van der Waals surface area contributed by atoms with E-state index in [-0.39, 0.29) is 0 Å². The van der Waals surface area contributed by atoms with E-state index in [1.165, 1.54) is 5.39 Å². The highest BCUT2D eigenvalue weighted by molar-refractivity contribution is 5.81. The van der Waals surface area contributed by atoms with Crippen LogP contribution in [0.5, 0.6) is 0 Å². The third-order valence-corrected chi connectivity index (χ3v) is 3.46. The van der Waals surface area contributed by atoms with Crippen molar-refractivity contribution in [3.63, 3.8) is 0 Å². The van der Waals surface area contributed by atoms with E-state index >= 15 is 0 Å². The third-order valence-electron chi connectivity index (χ3n) is 3.46. The van der Waals surface area contributed by atoms with Gasteiger partial charge in [0, 0.05) is 39.0 Å². The second-order valence-electron chi connectivity index (χ2n) is 4.87. The maximum Gasteiger partial charge on any atom is 0.133 e. The van der Waals surface area contributed by atoms with E-state index in [1.807, 2.05) is 35.5 Å². The molecule has 6 nitrogen and oxygen atoms in total. The second kappa shape index (κ2) is 5.42. The van der Waals surface area contributed by atoms with Gasteiger partial charge >= 0.3 is 0 Å². The fraction of sp³-hybridized carbons (Fsp3) is 0.357. The molecular formula is C14H18N6. The van der Waals surface area contributed by atoms with Crippen LogP contribution in [-0.4, -0.2) is 31.1 Å². The lowest BCUT2D eigenvalue weighted by Crippen LogP contribution is -2.18. The first kappa shape index (κ1) is 12.8. The molecule has 1 aromatic carbocycles. The van der Waals surface area contributed by atoms with E-state index < -0.39 is 0 Å². The van der Waals surface area contributed by atoms with Crippen LogP contribution in [-0.2, 0) is 27.1 Å². The number of aryl methyl sites for hydroxylation is 2. The number of fused-ring (bicyclic) bond motifs is 1. The van der Waals surface area contributed by atoms with E-state index in [2.05, 4.69) is 32.7 Å². The number of nitrogens with zero attached hydrogens (tertiary/aromatic N) is 5. The number of benzene rings is 1. The van der Waals surface area contributed by atoms with Gasteiger partial charge in [-0.05, 0) is 6.07 Å². The zero-order valence-electron chi connectivity index (χ0n) is 11.7. The zero-order chi connectivity index (χ0) is 13.9. The summed E-state index contributed by atoms with van der Waals surface area (Å²) < 4.78 is 3.87. The lowest BCUT2D eigenvalue weighted by atomic mass is 10.2. The van der Waals surface area contributed by atoms with Crippen LogP contribution in [0, 0.1) is 0 Å². The van der Waals surface area contributed by atoms with E-state index in [0.717, 1.165) is 36.5 Å². The SMILES string of the molecule is Cn1cnnc1CCNCc1nn(C)c2ccccc12. The summed E-state index contributed by atoms with van der Waals surface area (Å²) >= 11 is 0. The van der Waals surface area contributed by atoms with Gasteiger partial charge in [-0.3, -0.25) is 4.68 Å². The van der Waals surface area contributed by atoms with Crippen molar-refractivity contribution >= 4 is 10.9 Å². The molecule has 0 aliphatic carbocycles. The van der Waals surface area contributed by atoms with E-state index in [1.54, 1.807) is 6.33 Å². The smallest absolute Gasteiger partial charge is 0.133 e. The summed E-state index contributed by atoms with van der Waals surface area (Å²) in [5.41, 5.74) is 2.25. The minimum absolute atomic E-state index is 0.763. The van der Waals surface area contributed by atoms with E-state index in [4.69, 9.17) is 0 Å². The van der Waals surface area contributed by atoms with Crippen LogP contribution in [0.4, 0.5) is 0 Å². The average Bonchev–Trinajstić information content (AvgIpc) is 3.00. The Morgan fingerprint density at radius 2 is 2.05 bits per heavy atom. The molecular weight excluding hydrogens is 252 g/mol. The third kappa shape index (κ3) is 2.42. The number of rotatable bonds is 5. The van der Waals surface area contributed by atoms with Crippen LogP contribution < -0.4 is 5.32 Å². The van der Waals surface area contributed by atoms with Crippen molar-refractivity contribution in [2.45, 2.75) is 13.0 Å². The first-order valence-electron chi connectivity index (χ1n) is 6.70. The summed E-state index contributed by atoms with van der Waals surface area (Å²) in [5, 5.41) is 17.1. The van der Waals surface area contributed by atoms with Gasteiger partial charge in [-0.25, -0.2) is 0 Å². The van der Waals surface area contributed by atoms with Gasteiger partial charge in [0.1, 0.15) is 12.2 Å². The van der Waals surface area contributed by atoms with Gasteiger partial charge in [-0.15, -0.1) is 10.2 Å². The Kier molecular flexibility index (Phi) is 3.47. The molecule has 3 aromatic rings. The van der Waals surface area contributed by atoms with Gasteiger partial charge in [0.15, 0.2) is 0 Å². The maximum absolute atomic E-state index is 4.56. The van der Waals surface area contributed by atoms with Crippen LogP contribution in [0.1, 0.15) is 11.5 Å². The first-order valence-corrected chi connectivity index (χ1v) is 6.70. The standard InChI is InChI=1S/C14H18N6/c1-19-10-16-17-14(19)7-8-15-9-12-11-5-3-4-6-13(11)20(2)18-12/h3-6,10,15H,7-9H2,1-2H3. The molecule has 104 valence electrons. The molecule has 0 saturated carbocycles. The summed E-state index contributed by atoms with van der Waals surface area (Å²) in [6, 6.07) is 8.29. The van der Waals surface area contributed by atoms with Crippen LogP contribution in [0.3, 0.4) is 0 Å². The van der Waals surface area contributed by atoms with Crippen LogP contribution in [0.2, 0.25) is 0 Å². The number of aromatic nitrogens is 5. The molecule has 0 fully saturated rings. The minimum atomic E-state index is 0.763. The minimum Gasteiger partial charge on any atom is -0.321 e. The summed E-state index contributed by atoms with van der Waals surface area (Å²) in [6.45, 7) is 1.62. The predicted octanol–water partition coefficient (Wildman–Crippen LogP) is 1.03. The largest absolute Gasteiger partial charge is 0.321 e. The van der Waals surface area contributed by atoms with Gasteiger partial charge in [0.05, 0.1) is 11.2 Å². The Labute approximate surface area is 117 Å². The highest BCUT2D eigenvalue weighted by Gasteiger charge is 2.07. The van der Waals surface area contributed by atoms with Gasteiger partial charge < -0.3 is 9.88 Å². The molecule has 2 heterocycles. The molecule has 0 atom stereocenters. The van der Waals surface area contributed by atoms with Crippen molar-refractivity contribution in [3.8, 4) is 0 Å². The molecule has 3 rings (SSSR count). The fourth-order valence-corrected chi connectivity index (χ4v) is 2.36. The molecule has 20 heavy (non-hydrogen) atoms. The van der Waals surface area contributed by atoms with Crippen LogP contribution >= 0.6 is 0 Å². The molecule has 0 amide bonds. The van der Waals surface area contributed by atoms with Crippen LogP contribution in [0.25, 0.3) is 10.9 Å². The van der Waals surface area contributed by atoms with Crippen molar-refractivity contribution in [1.82, 2.24) is 29.9 Å². The van der Waals surface area contributed by atoms with Crippen molar-refractivity contribution < 1.29 is 0 Å². The molecule has 0 unspecified atom stereocenters. The van der Waals surface area contributed by atoms with Crippen molar-refractivity contribution in [1.29, 1.82) is 0 Å². The van der Waals surface area contributed by atoms with E-state index in [9.17, 15) is 0 Å². The number of nitrogens with one attached hydrogen (secondary N) is 1. The Bertz CT molecular complexity index is 711. The van der Waals surface area contributed by atoms with E-state index in [0.29, 0.717) is 0 Å². The predicted molar refractivity (Wildman–Crippen MR) is 77.1 cm³/mol. The topological polar surface area (TPSA) is 60.6 Å². The summed E-state index contributed by atoms with van der Waals surface area (Å²) in [6.07, 6.45) is 2.59. The Morgan fingerprint density at radius 3 is 2.85 bits per heavy atom. The lowest BCUT2D eigenvalue weighted by Gasteiger charge is -2.02. The van der Waals surface area contributed by atoms with Gasteiger partial charge in [-0.2, -0.15) is 5.10 Å². The molecule has 2 aromatic heterocycles. The lowest BCUT2D eigenvalue weighted by molar-refractivity contribution is 0.636. The zero-order valence-corrected chi connectivity index (χ0v) is 11.7.